The number of aryl methyl sites for hydroxylation is 1. The molecule has 0 aliphatic carbocycles. The Labute approximate surface area is 126 Å². The number of aromatic nitrogens is 1. The molecule has 0 saturated carbocycles. The molecule has 0 aliphatic heterocycles. The van der Waals surface area contributed by atoms with Crippen LogP contribution in [0.15, 0.2) is 42.5 Å². The van der Waals surface area contributed by atoms with E-state index in [2.05, 4.69) is 42.7 Å². The number of benzene rings is 1. The SMILES string of the molecule is CCOC(=O)[C@H](C(C)C)n1c(C)ccc1-c1ccccc1. The molecule has 0 bridgehead atoms. The van der Waals surface area contributed by atoms with Gasteiger partial charge in [0.2, 0.25) is 0 Å². The molecule has 0 radical (unpaired) electrons. The molecule has 0 amide bonds. The van der Waals surface area contributed by atoms with Crippen LogP contribution in [0.1, 0.15) is 32.5 Å². The summed E-state index contributed by atoms with van der Waals surface area (Å²) in [7, 11) is 0. The second-order valence-electron chi connectivity index (χ2n) is 5.54. The lowest BCUT2D eigenvalue weighted by Gasteiger charge is -2.25. The minimum atomic E-state index is -0.296. The molecule has 0 unspecified atom stereocenters. The maximum absolute atomic E-state index is 12.4. The summed E-state index contributed by atoms with van der Waals surface area (Å²) in [6.45, 7) is 8.38. The van der Waals surface area contributed by atoms with Crippen molar-refractivity contribution in [3.8, 4) is 11.3 Å². The molecule has 1 atom stereocenters. The Morgan fingerprint density at radius 1 is 1.14 bits per heavy atom. The van der Waals surface area contributed by atoms with Crippen molar-refractivity contribution >= 4 is 5.97 Å². The van der Waals surface area contributed by atoms with E-state index < -0.39 is 0 Å². The quantitative estimate of drug-likeness (QED) is 0.770. The van der Waals surface area contributed by atoms with Crippen molar-refractivity contribution in [2.75, 3.05) is 6.61 Å². The Morgan fingerprint density at radius 2 is 1.81 bits per heavy atom. The summed E-state index contributed by atoms with van der Waals surface area (Å²) in [6, 6.07) is 14.0. The molecular weight excluding hydrogens is 262 g/mol. The average molecular weight is 285 g/mol. The highest BCUT2D eigenvalue weighted by atomic mass is 16.5. The maximum Gasteiger partial charge on any atom is 0.329 e. The molecule has 1 heterocycles. The Bertz CT molecular complexity index is 599. The molecule has 1 aromatic carbocycles. The van der Waals surface area contributed by atoms with Crippen LogP contribution in [-0.2, 0) is 9.53 Å². The fourth-order valence-corrected chi connectivity index (χ4v) is 2.67. The number of carbonyl (C=O) groups excluding carboxylic acids is 1. The van der Waals surface area contributed by atoms with E-state index in [-0.39, 0.29) is 17.9 Å². The number of hydrogen-bond acceptors (Lipinski definition) is 2. The van der Waals surface area contributed by atoms with Crippen LogP contribution < -0.4 is 0 Å². The lowest BCUT2D eigenvalue weighted by Crippen LogP contribution is -2.27. The predicted octanol–water partition coefficient (Wildman–Crippen LogP) is 4.22. The number of ether oxygens (including phenoxy) is 1. The van der Waals surface area contributed by atoms with Crippen LogP contribution in [0.5, 0.6) is 0 Å². The van der Waals surface area contributed by atoms with Gasteiger partial charge in [-0.2, -0.15) is 0 Å². The molecule has 0 saturated heterocycles. The lowest BCUT2D eigenvalue weighted by atomic mass is 10.0. The van der Waals surface area contributed by atoms with Gasteiger partial charge in [-0.25, -0.2) is 4.79 Å². The molecule has 3 heteroatoms. The molecule has 0 N–H and O–H groups in total. The summed E-state index contributed by atoms with van der Waals surface area (Å²) in [4.78, 5) is 12.4. The summed E-state index contributed by atoms with van der Waals surface area (Å²) in [5.41, 5.74) is 3.24. The fraction of sp³-hybridized carbons (Fsp3) is 0.389. The van der Waals surface area contributed by atoms with Crippen LogP contribution in [0.3, 0.4) is 0 Å². The molecule has 0 aliphatic rings. The molecule has 1 aromatic heterocycles. The van der Waals surface area contributed by atoms with Crippen LogP contribution in [0.25, 0.3) is 11.3 Å². The normalized spacial score (nSPS) is 12.4. The van der Waals surface area contributed by atoms with Crippen molar-refractivity contribution < 1.29 is 9.53 Å². The Kier molecular flexibility index (Phi) is 4.84. The number of rotatable bonds is 5. The van der Waals surface area contributed by atoms with Crippen molar-refractivity contribution in [1.82, 2.24) is 4.57 Å². The van der Waals surface area contributed by atoms with Crippen LogP contribution in [0.4, 0.5) is 0 Å². The van der Waals surface area contributed by atoms with Gasteiger partial charge in [-0.05, 0) is 37.5 Å². The molecule has 21 heavy (non-hydrogen) atoms. The third kappa shape index (κ3) is 3.18. The van der Waals surface area contributed by atoms with E-state index in [1.54, 1.807) is 0 Å². The topological polar surface area (TPSA) is 31.2 Å². The summed E-state index contributed by atoms with van der Waals surface area (Å²) in [6.07, 6.45) is 0. The van der Waals surface area contributed by atoms with Gasteiger partial charge in [0.05, 0.1) is 6.61 Å². The van der Waals surface area contributed by atoms with Crippen LogP contribution in [0.2, 0.25) is 0 Å². The highest BCUT2D eigenvalue weighted by molar-refractivity contribution is 5.76. The van der Waals surface area contributed by atoms with Gasteiger partial charge in [-0.1, -0.05) is 44.2 Å². The van der Waals surface area contributed by atoms with Gasteiger partial charge in [-0.15, -0.1) is 0 Å². The van der Waals surface area contributed by atoms with Gasteiger partial charge in [-0.3, -0.25) is 0 Å². The molecule has 2 rings (SSSR count). The first kappa shape index (κ1) is 15.4. The van der Waals surface area contributed by atoms with Crippen molar-refractivity contribution in [1.29, 1.82) is 0 Å². The first-order valence-electron chi connectivity index (χ1n) is 7.46. The van der Waals surface area contributed by atoms with Crippen LogP contribution >= 0.6 is 0 Å². The largest absolute Gasteiger partial charge is 0.464 e. The monoisotopic (exact) mass is 285 g/mol. The van der Waals surface area contributed by atoms with E-state index >= 15 is 0 Å². The molecule has 3 nitrogen and oxygen atoms in total. The van der Waals surface area contributed by atoms with E-state index in [1.165, 1.54) is 0 Å². The first-order valence-corrected chi connectivity index (χ1v) is 7.46. The smallest absolute Gasteiger partial charge is 0.329 e. The highest BCUT2D eigenvalue weighted by Gasteiger charge is 2.28. The summed E-state index contributed by atoms with van der Waals surface area (Å²) < 4.78 is 7.37. The number of carbonyl (C=O) groups is 1. The Balaban J connectivity index is 2.51. The summed E-state index contributed by atoms with van der Waals surface area (Å²) >= 11 is 0. The maximum atomic E-state index is 12.4. The Morgan fingerprint density at radius 3 is 2.38 bits per heavy atom. The zero-order valence-electron chi connectivity index (χ0n) is 13.2. The molecule has 2 aromatic rings. The van der Waals surface area contributed by atoms with E-state index in [4.69, 9.17) is 4.74 Å². The molecular formula is C18H23NO2. The van der Waals surface area contributed by atoms with E-state index in [1.807, 2.05) is 32.0 Å². The van der Waals surface area contributed by atoms with E-state index in [9.17, 15) is 4.79 Å². The van der Waals surface area contributed by atoms with Gasteiger partial charge in [0.1, 0.15) is 6.04 Å². The summed E-state index contributed by atoms with van der Waals surface area (Å²) in [5.74, 6) is 0.00148. The minimum Gasteiger partial charge on any atom is -0.464 e. The van der Waals surface area contributed by atoms with Crippen molar-refractivity contribution in [2.45, 2.75) is 33.7 Å². The van der Waals surface area contributed by atoms with Gasteiger partial charge in [0.15, 0.2) is 0 Å². The zero-order chi connectivity index (χ0) is 15.4. The predicted molar refractivity (Wildman–Crippen MR) is 85.1 cm³/mol. The van der Waals surface area contributed by atoms with Gasteiger partial charge in [0.25, 0.3) is 0 Å². The van der Waals surface area contributed by atoms with Gasteiger partial charge < -0.3 is 9.30 Å². The zero-order valence-corrected chi connectivity index (χ0v) is 13.2. The van der Waals surface area contributed by atoms with Gasteiger partial charge >= 0.3 is 5.97 Å². The van der Waals surface area contributed by atoms with E-state index in [0.717, 1.165) is 17.0 Å². The van der Waals surface area contributed by atoms with Crippen LogP contribution in [0, 0.1) is 12.8 Å². The third-order valence-corrected chi connectivity index (χ3v) is 3.63. The minimum absolute atomic E-state index is 0.163. The number of nitrogens with zero attached hydrogens (tertiary/aromatic N) is 1. The number of hydrogen-bond donors (Lipinski definition) is 0. The van der Waals surface area contributed by atoms with Crippen molar-refractivity contribution in [3.63, 3.8) is 0 Å². The van der Waals surface area contributed by atoms with Gasteiger partial charge in [0, 0.05) is 11.4 Å². The third-order valence-electron chi connectivity index (χ3n) is 3.63. The standard InChI is InChI=1S/C18H23NO2/c1-5-21-18(20)17(13(2)3)19-14(4)11-12-16(19)15-9-7-6-8-10-15/h6-13,17H,5H2,1-4H3/t17-/m0/s1. The second kappa shape index (κ2) is 6.61. The molecule has 0 spiro atoms. The molecule has 0 fully saturated rings. The Hall–Kier alpha value is -2.03. The second-order valence-corrected chi connectivity index (χ2v) is 5.54. The first-order chi connectivity index (χ1) is 10.1. The fourth-order valence-electron chi connectivity index (χ4n) is 2.67. The lowest BCUT2D eigenvalue weighted by molar-refractivity contribution is -0.148. The van der Waals surface area contributed by atoms with Crippen molar-refractivity contribution in [2.24, 2.45) is 5.92 Å². The van der Waals surface area contributed by atoms with Crippen LogP contribution in [-0.4, -0.2) is 17.1 Å². The summed E-state index contributed by atoms with van der Waals surface area (Å²) in [5, 5.41) is 0. The number of esters is 1. The average Bonchev–Trinajstić information content (AvgIpc) is 2.82. The molecule has 112 valence electrons. The van der Waals surface area contributed by atoms with E-state index in [0.29, 0.717) is 6.61 Å². The van der Waals surface area contributed by atoms with Crippen molar-refractivity contribution in [3.05, 3.63) is 48.2 Å². The highest BCUT2D eigenvalue weighted by Crippen LogP contribution is 2.30.